The number of anilines is 1. The first-order valence-corrected chi connectivity index (χ1v) is 5.88. The number of thioether (sulfide) groups is 1. The van der Waals surface area contributed by atoms with Crippen molar-refractivity contribution < 1.29 is 9.53 Å². The smallest absolute Gasteiger partial charge is 0.309 e. The number of pyridine rings is 1. The zero-order valence-electron chi connectivity index (χ0n) is 9.64. The topological polar surface area (TPSA) is 65.2 Å². The molecule has 1 heterocycles. The SMILES string of the molecule is COC(=O)C(C)C(C)Sc1ccc(N)cn1. The molecule has 2 unspecified atom stereocenters. The van der Waals surface area contributed by atoms with Gasteiger partial charge in [0.05, 0.1) is 29.9 Å². The first-order valence-electron chi connectivity index (χ1n) is 5.00. The van der Waals surface area contributed by atoms with Crippen LogP contribution in [0.2, 0.25) is 0 Å². The minimum atomic E-state index is -0.199. The van der Waals surface area contributed by atoms with E-state index in [2.05, 4.69) is 4.98 Å². The third-order valence-corrected chi connectivity index (χ3v) is 3.61. The fraction of sp³-hybridized carbons (Fsp3) is 0.455. The van der Waals surface area contributed by atoms with Gasteiger partial charge >= 0.3 is 5.97 Å². The highest BCUT2D eigenvalue weighted by Gasteiger charge is 2.21. The molecule has 2 N–H and O–H groups in total. The molecule has 0 radical (unpaired) electrons. The molecule has 88 valence electrons. The van der Waals surface area contributed by atoms with Crippen molar-refractivity contribution in [2.24, 2.45) is 5.92 Å². The maximum Gasteiger partial charge on any atom is 0.309 e. The van der Waals surface area contributed by atoms with E-state index in [-0.39, 0.29) is 17.1 Å². The van der Waals surface area contributed by atoms with Gasteiger partial charge in [0.2, 0.25) is 0 Å². The summed E-state index contributed by atoms with van der Waals surface area (Å²) in [6, 6.07) is 3.64. The van der Waals surface area contributed by atoms with Gasteiger partial charge in [0.1, 0.15) is 0 Å². The van der Waals surface area contributed by atoms with Crippen molar-refractivity contribution in [3.05, 3.63) is 18.3 Å². The zero-order valence-corrected chi connectivity index (χ0v) is 10.5. The summed E-state index contributed by atoms with van der Waals surface area (Å²) >= 11 is 1.54. The summed E-state index contributed by atoms with van der Waals surface area (Å²) in [5.41, 5.74) is 6.18. The Bertz CT molecular complexity index is 354. The van der Waals surface area contributed by atoms with E-state index in [4.69, 9.17) is 10.5 Å². The van der Waals surface area contributed by atoms with Crippen LogP contribution in [-0.2, 0) is 9.53 Å². The lowest BCUT2D eigenvalue weighted by Gasteiger charge is -2.16. The van der Waals surface area contributed by atoms with Crippen LogP contribution in [0.4, 0.5) is 5.69 Å². The highest BCUT2D eigenvalue weighted by atomic mass is 32.2. The Hall–Kier alpha value is -1.23. The molecule has 5 heteroatoms. The predicted octanol–water partition coefficient (Wildman–Crippen LogP) is 1.95. The molecule has 2 atom stereocenters. The quantitative estimate of drug-likeness (QED) is 0.643. The molecule has 16 heavy (non-hydrogen) atoms. The number of hydrogen-bond donors (Lipinski definition) is 1. The summed E-state index contributed by atoms with van der Waals surface area (Å²) in [5, 5.41) is 0.973. The van der Waals surface area contributed by atoms with Crippen LogP contribution in [0.3, 0.4) is 0 Å². The maximum atomic E-state index is 11.3. The minimum Gasteiger partial charge on any atom is -0.469 e. The van der Waals surface area contributed by atoms with Gasteiger partial charge in [-0.1, -0.05) is 13.8 Å². The van der Waals surface area contributed by atoms with Crippen molar-refractivity contribution in [2.75, 3.05) is 12.8 Å². The van der Waals surface area contributed by atoms with E-state index < -0.39 is 0 Å². The summed E-state index contributed by atoms with van der Waals surface area (Å²) in [5.74, 6) is -0.357. The van der Waals surface area contributed by atoms with Gasteiger partial charge in [0.15, 0.2) is 0 Å². The van der Waals surface area contributed by atoms with E-state index in [0.717, 1.165) is 5.03 Å². The molecule has 0 saturated carbocycles. The normalized spacial score (nSPS) is 14.2. The van der Waals surface area contributed by atoms with Crippen LogP contribution >= 0.6 is 11.8 Å². The lowest BCUT2D eigenvalue weighted by molar-refractivity contribution is -0.144. The molecule has 1 rings (SSSR count). The number of hydrogen-bond acceptors (Lipinski definition) is 5. The summed E-state index contributed by atoms with van der Waals surface area (Å²) in [4.78, 5) is 15.5. The van der Waals surface area contributed by atoms with E-state index in [0.29, 0.717) is 5.69 Å². The molecule has 1 aromatic rings. The number of nitrogens with zero attached hydrogens (tertiary/aromatic N) is 1. The fourth-order valence-electron chi connectivity index (χ4n) is 1.13. The van der Waals surface area contributed by atoms with Crippen molar-refractivity contribution in [3.63, 3.8) is 0 Å². The number of aromatic nitrogens is 1. The Kier molecular flexibility index (Phi) is 4.61. The summed E-state index contributed by atoms with van der Waals surface area (Å²) in [6.07, 6.45) is 1.61. The van der Waals surface area contributed by atoms with Gasteiger partial charge < -0.3 is 10.5 Å². The number of esters is 1. The molecule has 0 aromatic carbocycles. The number of methoxy groups -OCH3 is 1. The van der Waals surface area contributed by atoms with Crippen LogP contribution in [0, 0.1) is 5.92 Å². The molecular weight excluding hydrogens is 224 g/mol. The van der Waals surface area contributed by atoms with E-state index in [1.807, 2.05) is 19.9 Å². The van der Waals surface area contributed by atoms with Crippen molar-refractivity contribution in [2.45, 2.75) is 24.1 Å². The van der Waals surface area contributed by atoms with Crippen LogP contribution in [0.25, 0.3) is 0 Å². The van der Waals surface area contributed by atoms with Gasteiger partial charge in [-0.3, -0.25) is 4.79 Å². The Labute approximate surface area is 99.6 Å². The highest BCUT2D eigenvalue weighted by Crippen LogP contribution is 2.27. The zero-order chi connectivity index (χ0) is 12.1. The van der Waals surface area contributed by atoms with E-state index in [9.17, 15) is 4.79 Å². The second-order valence-corrected chi connectivity index (χ2v) is 4.96. The average Bonchev–Trinajstić information content (AvgIpc) is 2.30. The van der Waals surface area contributed by atoms with Gasteiger partial charge in [-0.15, -0.1) is 11.8 Å². The van der Waals surface area contributed by atoms with Crippen LogP contribution < -0.4 is 5.73 Å². The molecule has 0 saturated heterocycles. The molecule has 0 bridgehead atoms. The number of nitrogen functional groups attached to an aromatic ring is 1. The molecule has 0 spiro atoms. The number of carbonyl (C=O) groups is 1. The Morgan fingerprint density at radius 2 is 2.19 bits per heavy atom. The average molecular weight is 240 g/mol. The lowest BCUT2D eigenvalue weighted by Crippen LogP contribution is -2.22. The number of carbonyl (C=O) groups excluding carboxylic acids is 1. The largest absolute Gasteiger partial charge is 0.469 e. The van der Waals surface area contributed by atoms with Crippen LogP contribution in [0.5, 0.6) is 0 Å². The van der Waals surface area contributed by atoms with Crippen LogP contribution in [0.15, 0.2) is 23.4 Å². The summed E-state index contributed by atoms with van der Waals surface area (Å²) in [7, 11) is 1.40. The van der Waals surface area contributed by atoms with E-state index in [1.165, 1.54) is 18.9 Å². The standard InChI is InChI=1S/C11H16N2O2S/c1-7(11(14)15-3)8(2)16-10-5-4-9(12)6-13-10/h4-8H,12H2,1-3H3. The third-order valence-electron chi connectivity index (χ3n) is 2.34. The molecule has 4 nitrogen and oxygen atoms in total. The van der Waals surface area contributed by atoms with E-state index >= 15 is 0 Å². The number of nitrogens with two attached hydrogens (primary N) is 1. The molecular formula is C11H16N2O2S. The minimum absolute atomic E-state index is 0.114. The van der Waals surface area contributed by atoms with Gasteiger partial charge in [0.25, 0.3) is 0 Å². The van der Waals surface area contributed by atoms with Gasteiger partial charge in [-0.25, -0.2) is 4.98 Å². The second-order valence-electron chi connectivity index (χ2n) is 3.56. The summed E-state index contributed by atoms with van der Waals surface area (Å²) in [6.45, 7) is 3.82. The monoisotopic (exact) mass is 240 g/mol. The first-order chi connectivity index (χ1) is 7.54. The van der Waals surface area contributed by atoms with Crippen molar-refractivity contribution >= 4 is 23.4 Å². The molecule has 0 amide bonds. The Balaban J connectivity index is 2.60. The molecule has 0 aliphatic carbocycles. The molecule has 0 aliphatic heterocycles. The molecule has 1 aromatic heterocycles. The van der Waals surface area contributed by atoms with Crippen molar-refractivity contribution in [1.29, 1.82) is 0 Å². The predicted molar refractivity (Wildman–Crippen MR) is 65.1 cm³/mol. The third kappa shape index (κ3) is 3.41. The molecule has 0 aliphatic rings. The first kappa shape index (κ1) is 12.8. The summed E-state index contributed by atoms with van der Waals surface area (Å²) < 4.78 is 4.70. The Morgan fingerprint density at radius 3 is 2.69 bits per heavy atom. The maximum absolute atomic E-state index is 11.3. The van der Waals surface area contributed by atoms with Crippen LogP contribution in [0.1, 0.15) is 13.8 Å². The number of rotatable bonds is 4. The number of ether oxygens (including phenoxy) is 1. The lowest BCUT2D eigenvalue weighted by atomic mass is 10.1. The van der Waals surface area contributed by atoms with Crippen molar-refractivity contribution in [1.82, 2.24) is 4.98 Å². The van der Waals surface area contributed by atoms with Gasteiger partial charge in [0, 0.05) is 5.25 Å². The van der Waals surface area contributed by atoms with E-state index in [1.54, 1.807) is 12.3 Å². The Morgan fingerprint density at radius 1 is 1.50 bits per heavy atom. The fourth-order valence-corrected chi connectivity index (χ4v) is 2.09. The van der Waals surface area contributed by atoms with Gasteiger partial charge in [-0.05, 0) is 12.1 Å². The molecule has 0 fully saturated rings. The van der Waals surface area contributed by atoms with Gasteiger partial charge in [-0.2, -0.15) is 0 Å². The van der Waals surface area contributed by atoms with Crippen molar-refractivity contribution in [3.8, 4) is 0 Å². The second kappa shape index (κ2) is 5.75. The van der Waals surface area contributed by atoms with Crippen LogP contribution in [-0.4, -0.2) is 23.3 Å². The highest BCUT2D eigenvalue weighted by molar-refractivity contribution is 7.99.